The molecule has 1 saturated carbocycles. The van der Waals surface area contributed by atoms with E-state index in [1.807, 2.05) is 12.2 Å². The Balaban J connectivity index is 2.41. The smallest absolute Gasteiger partial charge is 0.303 e. The summed E-state index contributed by atoms with van der Waals surface area (Å²) in [7, 11) is 0. The van der Waals surface area contributed by atoms with Crippen LogP contribution >= 0.6 is 0 Å². The number of carboxylic acids is 1. The molecule has 0 saturated heterocycles. The molecule has 0 aromatic rings. The van der Waals surface area contributed by atoms with Crippen LogP contribution in [0, 0.1) is 11.8 Å². The summed E-state index contributed by atoms with van der Waals surface area (Å²) in [5.41, 5.74) is 0. The van der Waals surface area contributed by atoms with Crippen LogP contribution in [0.3, 0.4) is 0 Å². The highest BCUT2D eigenvalue weighted by atomic mass is 16.4. The molecule has 1 rings (SSSR count). The number of allylic oxidation sites excluding steroid dienone is 1. The third-order valence-electron chi connectivity index (χ3n) is 4.71. The number of carboxylic acid groups (broad SMARTS) is 1. The van der Waals surface area contributed by atoms with E-state index in [0.29, 0.717) is 19.3 Å². The van der Waals surface area contributed by atoms with Crippen LogP contribution in [0.15, 0.2) is 24.3 Å². The maximum absolute atomic E-state index is 12.0. The highest BCUT2D eigenvalue weighted by Gasteiger charge is 2.39. The lowest BCUT2D eigenvalue weighted by Crippen LogP contribution is -2.19. The molecule has 0 spiro atoms. The summed E-state index contributed by atoms with van der Waals surface area (Å²) in [6, 6.07) is 0. The van der Waals surface area contributed by atoms with Crippen molar-refractivity contribution in [1.29, 1.82) is 0 Å². The maximum Gasteiger partial charge on any atom is 0.303 e. The predicted molar refractivity (Wildman–Crippen MR) is 97.1 cm³/mol. The van der Waals surface area contributed by atoms with E-state index in [0.717, 1.165) is 25.7 Å². The number of rotatable bonds is 12. The Morgan fingerprint density at radius 3 is 2.72 bits per heavy atom. The molecule has 5 heteroatoms. The molecule has 0 aromatic heterocycles. The van der Waals surface area contributed by atoms with Crippen molar-refractivity contribution in [2.75, 3.05) is 0 Å². The number of aliphatic hydroxyl groups is 2. The summed E-state index contributed by atoms with van der Waals surface area (Å²) in [6.45, 7) is 2.12. The van der Waals surface area contributed by atoms with Crippen molar-refractivity contribution < 1.29 is 24.9 Å². The Bertz CT molecular complexity index is 469. The van der Waals surface area contributed by atoms with Gasteiger partial charge in [0.1, 0.15) is 5.78 Å². The number of hydrogen-bond acceptors (Lipinski definition) is 4. The fraction of sp³-hybridized carbons (Fsp3) is 0.700. The Hall–Kier alpha value is -1.46. The summed E-state index contributed by atoms with van der Waals surface area (Å²) in [4.78, 5) is 22.4. The number of unbranched alkanes of at least 4 members (excludes halogenated alkanes) is 3. The zero-order valence-electron chi connectivity index (χ0n) is 15.1. The van der Waals surface area contributed by atoms with Gasteiger partial charge in [0.05, 0.1) is 12.2 Å². The molecule has 0 radical (unpaired) electrons. The number of Topliss-reactive ketones (excluding diaryl/α,β-unsaturated/α-hetero) is 1. The summed E-state index contributed by atoms with van der Waals surface area (Å²) < 4.78 is 0. The number of carbonyl (C=O) groups excluding carboxylic acids is 1. The Kier molecular flexibility index (Phi) is 10.3. The van der Waals surface area contributed by atoms with Crippen LogP contribution in [-0.2, 0) is 9.59 Å². The molecule has 3 N–H and O–H groups in total. The third kappa shape index (κ3) is 8.45. The topological polar surface area (TPSA) is 94.8 Å². The van der Waals surface area contributed by atoms with Gasteiger partial charge in [0.25, 0.3) is 0 Å². The van der Waals surface area contributed by atoms with Gasteiger partial charge in [-0.05, 0) is 25.7 Å². The van der Waals surface area contributed by atoms with Gasteiger partial charge >= 0.3 is 5.97 Å². The molecule has 0 bridgehead atoms. The molecule has 25 heavy (non-hydrogen) atoms. The van der Waals surface area contributed by atoms with Crippen LogP contribution in [-0.4, -0.2) is 39.3 Å². The third-order valence-corrected chi connectivity index (χ3v) is 4.71. The van der Waals surface area contributed by atoms with E-state index in [4.69, 9.17) is 5.11 Å². The maximum atomic E-state index is 12.0. The van der Waals surface area contributed by atoms with E-state index in [-0.39, 0.29) is 30.5 Å². The molecular weight excluding hydrogens is 320 g/mol. The van der Waals surface area contributed by atoms with Crippen LogP contribution < -0.4 is 0 Å². The highest BCUT2D eigenvalue weighted by Crippen LogP contribution is 2.34. The molecule has 1 aliphatic carbocycles. The lowest BCUT2D eigenvalue weighted by atomic mass is 9.88. The number of ketones is 1. The summed E-state index contributed by atoms with van der Waals surface area (Å²) in [5.74, 6) is -0.990. The van der Waals surface area contributed by atoms with Gasteiger partial charge in [0, 0.05) is 24.7 Å². The SMILES string of the molecule is CCCCC[C@@H]1C(=O)C[C@H](O)[C@@H]1/C=C/[C@@H](O)C/C=C\CCCC(=O)O. The molecule has 4 atom stereocenters. The van der Waals surface area contributed by atoms with Crippen LogP contribution in [0.5, 0.6) is 0 Å². The van der Waals surface area contributed by atoms with Crippen LogP contribution in [0.1, 0.15) is 64.7 Å². The van der Waals surface area contributed by atoms with E-state index in [9.17, 15) is 19.8 Å². The average molecular weight is 352 g/mol. The Morgan fingerprint density at radius 1 is 1.28 bits per heavy atom. The normalized spacial score (nSPS) is 25.2. The van der Waals surface area contributed by atoms with Crippen molar-refractivity contribution in [3.63, 3.8) is 0 Å². The van der Waals surface area contributed by atoms with Gasteiger partial charge in [0.15, 0.2) is 0 Å². The van der Waals surface area contributed by atoms with Crippen LogP contribution in [0.4, 0.5) is 0 Å². The Labute approximate surface area is 150 Å². The minimum atomic E-state index is -0.797. The minimum Gasteiger partial charge on any atom is -0.481 e. The number of aliphatic hydroxyl groups excluding tert-OH is 2. The van der Waals surface area contributed by atoms with Crippen molar-refractivity contribution in [3.8, 4) is 0 Å². The molecule has 1 aliphatic rings. The van der Waals surface area contributed by atoms with Crippen LogP contribution in [0.2, 0.25) is 0 Å². The first kappa shape index (κ1) is 21.6. The van der Waals surface area contributed by atoms with Gasteiger partial charge in [-0.15, -0.1) is 0 Å². The fourth-order valence-electron chi connectivity index (χ4n) is 3.27. The molecule has 0 unspecified atom stereocenters. The van der Waals surface area contributed by atoms with Gasteiger partial charge in [-0.2, -0.15) is 0 Å². The second-order valence-electron chi connectivity index (χ2n) is 6.86. The predicted octanol–water partition coefficient (Wildman–Crippen LogP) is 3.25. The van der Waals surface area contributed by atoms with Crippen molar-refractivity contribution in [2.24, 2.45) is 11.8 Å². The van der Waals surface area contributed by atoms with E-state index in [2.05, 4.69) is 6.92 Å². The zero-order chi connectivity index (χ0) is 18.7. The van der Waals surface area contributed by atoms with Gasteiger partial charge < -0.3 is 15.3 Å². The zero-order valence-corrected chi connectivity index (χ0v) is 15.1. The Morgan fingerprint density at radius 2 is 2.04 bits per heavy atom. The standard InChI is InChI=1S/C20H32O5/c1-2-3-6-10-16-17(19(23)14-18(16)22)13-12-15(21)9-7-4-5-8-11-20(24)25/h4,7,12-13,15-17,19,21,23H,2-3,5-6,8-11,14H2,1H3,(H,24,25)/b7-4-,13-12+/t15-,16-,17+,19-/m0/s1. The van der Waals surface area contributed by atoms with Crippen LogP contribution in [0.25, 0.3) is 0 Å². The average Bonchev–Trinajstić information content (AvgIpc) is 2.82. The molecule has 5 nitrogen and oxygen atoms in total. The fourth-order valence-corrected chi connectivity index (χ4v) is 3.27. The van der Waals surface area contributed by atoms with Crippen molar-refractivity contribution in [3.05, 3.63) is 24.3 Å². The first-order valence-corrected chi connectivity index (χ1v) is 9.39. The van der Waals surface area contributed by atoms with Gasteiger partial charge in [-0.3, -0.25) is 9.59 Å². The molecule has 0 aliphatic heterocycles. The highest BCUT2D eigenvalue weighted by molar-refractivity contribution is 5.84. The first-order chi connectivity index (χ1) is 12.0. The second-order valence-corrected chi connectivity index (χ2v) is 6.86. The van der Waals surface area contributed by atoms with E-state index < -0.39 is 18.2 Å². The van der Waals surface area contributed by atoms with Gasteiger partial charge in [-0.25, -0.2) is 0 Å². The van der Waals surface area contributed by atoms with Gasteiger partial charge in [0.2, 0.25) is 0 Å². The number of carbonyl (C=O) groups is 2. The van der Waals surface area contributed by atoms with E-state index >= 15 is 0 Å². The minimum absolute atomic E-state index is 0.128. The quantitative estimate of drug-likeness (QED) is 0.370. The van der Waals surface area contributed by atoms with E-state index in [1.165, 1.54) is 0 Å². The lowest BCUT2D eigenvalue weighted by molar-refractivity contribution is -0.137. The van der Waals surface area contributed by atoms with Gasteiger partial charge in [-0.1, -0.05) is 50.5 Å². The lowest BCUT2D eigenvalue weighted by Gasteiger charge is -2.17. The largest absolute Gasteiger partial charge is 0.481 e. The van der Waals surface area contributed by atoms with Crippen molar-refractivity contribution in [1.82, 2.24) is 0 Å². The first-order valence-electron chi connectivity index (χ1n) is 9.39. The van der Waals surface area contributed by atoms with Crippen molar-refractivity contribution in [2.45, 2.75) is 76.9 Å². The monoisotopic (exact) mass is 352 g/mol. The summed E-state index contributed by atoms with van der Waals surface area (Å²) in [5, 5.41) is 28.7. The second kappa shape index (κ2) is 12.0. The molecule has 0 heterocycles. The molecule has 1 fully saturated rings. The molecular formula is C20H32O5. The molecule has 142 valence electrons. The molecule has 0 amide bonds. The number of hydrogen-bond donors (Lipinski definition) is 3. The number of aliphatic carboxylic acids is 1. The summed E-state index contributed by atoms with van der Waals surface area (Å²) in [6.07, 6.45) is 11.9. The molecule has 0 aromatic carbocycles. The summed E-state index contributed by atoms with van der Waals surface area (Å²) >= 11 is 0. The van der Waals surface area contributed by atoms with E-state index in [1.54, 1.807) is 12.2 Å². The van der Waals surface area contributed by atoms with Crippen molar-refractivity contribution >= 4 is 11.8 Å².